The number of nitrogens with one attached hydrogen (secondary N) is 1. The number of hydrogen-bond donors (Lipinski definition) is 2. The third-order valence-electron chi connectivity index (χ3n) is 4.93. The van der Waals surface area contributed by atoms with E-state index in [-0.39, 0.29) is 9.78 Å². The molecule has 2 amide bonds. The summed E-state index contributed by atoms with van der Waals surface area (Å²) >= 11 is 0.764. The Morgan fingerprint density at radius 2 is 1.77 bits per heavy atom. The van der Waals surface area contributed by atoms with Crippen molar-refractivity contribution in [2.75, 3.05) is 7.05 Å². The fourth-order valence-corrected chi connectivity index (χ4v) is 4.17. The second-order valence-corrected chi connectivity index (χ2v) is 7.56. The summed E-state index contributed by atoms with van der Waals surface area (Å²) in [6.45, 7) is 0. The molecule has 1 saturated heterocycles. The first-order valence-electron chi connectivity index (χ1n) is 8.37. The van der Waals surface area contributed by atoms with E-state index in [9.17, 15) is 41.0 Å². The molecule has 3 rings (SSSR count). The summed E-state index contributed by atoms with van der Waals surface area (Å²) in [6.07, 6.45) is -10.5. The van der Waals surface area contributed by atoms with Crippen molar-refractivity contribution < 1.29 is 41.0 Å². The highest BCUT2D eigenvalue weighted by Crippen LogP contribution is 2.49. The minimum Gasteiger partial charge on any atom is -0.363 e. The van der Waals surface area contributed by atoms with Crippen LogP contribution in [-0.2, 0) is 6.18 Å². The Morgan fingerprint density at radius 3 is 2.30 bits per heavy atom. The molecular formula is C18H14F6N2O3S. The number of alkyl halides is 6. The monoisotopic (exact) mass is 452 g/mol. The zero-order chi connectivity index (χ0) is 22.5. The van der Waals surface area contributed by atoms with Crippen LogP contribution in [-0.4, -0.2) is 40.8 Å². The van der Waals surface area contributed by atoms with Gasteiger partial charge in [0.2, 0.25) is 0 Å². The van der Waals surface area contributed by atoms with Gasteiger partial charge in [0.05, 0.1) is 16.5 Å². The smallest absolute Gasteiger partial charge is 0.363 e. The van der Waals surface area contributed by atoms with E-state index in [0.717, 1.165) is 29.5 Å². The number of benzene rings is 1. The zero-order valence-electron chi connectivity index (χ0n) is 15.1. The molecule has 1 aliphatic rings. The van der Waals surface area contributed by atoms with E-state index in [1.165, 1.54) is 17.5 Å². The Bertz CT molecular complexity index is 960. The number of rotatable bonds is 3. The number of thiophene rings is 1. The highest BCUT2D eigenvalue weighted by Gasteiger charge is 2.69. The first-order chi connectivity index (χ1) is 13.8. The molecule has 1 aromatic heterocycles. The van der Waals surface area contributed by atoms with Gasteiger partial charge in [0.25, 0.3) is 5.72 Å². The number of amides is 2. The van der Waals surface area contributed by atoms with E-state index in [1.807, 2.05) is 5.32 Å². The third-order valence-corrected chi connectivity index (χ3v) is 5.81. The molecular weight excluding hydrogens is 438 g/mol. The summed E-state index contributed by atoms with van der Waals surface area (Å²) in [5.74, 6) is -3.75. The van der Waals surface area contributed by atoms with Crippen LogP contribution in [0.2, 0.25) is 0 Å². The fraction of sp³-hybridized carbons (Fsp3) is 0.333. The topological polar surface area (TPSA) is 69.6 Å². The van der Waals surface area contributed by atoms with Gasteiger partial charge in [-0.1, -0.05) is 24.3 Å². The van der Waals surface area contributed by atoms with Gasteiger partial charge in [0.1, 0.15) is 5.92 Å². The Labute approximate surface area is 169 Å². The van der Waals surface area contributed by atoms with E-state index in [1.54, 1.807) is 0 Å². The summed E-state index contributed by atoms with van der Waals surface area (Å²) in [7, 11) is 0.614. The highest BCUT2D eigenvalue weighted by molar-refractivity contribution is 7.12. The Morgan fingerprint density at radius 1 is 1.13 bits per heavy atom. The molecule has 3 atom stereocenters. The lowest BCUT2D eigenvalue weighted by Crippen LogP contribution is -2.73. The lowest BCUT2D eigenvalue weighted by molar-refractivity contribution is -0.322. The van der Waals surface area contributed by atoms with Crippen molar-refractivity contribution in [2.24, 2.45) is 5.92 Å². The van der Waals surface area contributed by atoms with Gasteiger partial charge in [0, 0.05) is 7.05 Å². The van der Waals surface area contributed by atoms with Crippen LogP contribution >= 0.6 is 11.3 Å². The molecule has 0 bridgehead atoms. The van der Waals surface area contributed by atoms with Gasteiger partial charge in [-0.15, -0.1) is 11.3 Å². The first kappa shape index (κ1) is 22.1. The Hall–Kier alpha value is -2.60. The normalized spacial score (nSPS) is 25.2. The number of ketones is 1. The van der Waals surface area contributed by atoms with Crippen LogP contribution in [0.25, 0.3) is 0 Å². The van der Waals surface area contributed by atoms with Crippen molar-refractivity contribution in [1.29, 1.82) is 0 Å². The molecule has 1 fully saturated rings. The van der Waals surface area contributed by atoms with Crippen molar-refractivity contribution in [3.05, 3.63) is 57.8 Å². The Balaban J connectivity index is 2.28. The molecule has 2 heterocycles. The van der Waals surface area contributed by atoms with E-state index < -0.39 is 53.0 Å². The number of nitrogens with zero attached hydrogens (tertiary/aromatic N) is 1. The molecule has 0 aliphatic carbocycles. The van der Waals surface area contributed by atoms with Crippen LogP contribution in [0.1, 0.15) is 26.8 Å². The number of halogens is 6. The van der Waals surface area contributed by atoms with Crippen LogP contribution in [0.5, 0.6) is 0 Å². The molecule has 0 saturated carbocycles. The van der Waals surface area contributed by atoms with Crippen LogP contribution in [0.3, 0.4) is 0 Å². The van der Waals surface area contributed by atoms with E-state index in [4.69, 9.17) is 0 Å². The zero-order valence-corrected chi connectivity index (χ0v) is 15.9. The number of carbonyl (C=O) groups excluding carboxylic acids is 2. The third kappa shape index (κ3) is 3.43. The average Bonchev–Trinajstić information content (AvgIpc) is 3.18. The second-order valence-electron chi connectivity index (χ2n) is 6.61. The number of urea groups is 1. The van der Waals surface area contributed by atoms with Gasteiger partial charge in [-0.2, -0.15) is 26.3 Å². The fourth-order valence-electron chi connectivity index (χ4n) is 3.47. The number of Topliss-reactive ketones (excluding diaryl/α,β-unsaturated/α-hetero) is 1. The van der Waals surface area contributed by atoms with Crippen molar-refractivity contribution >= 4 is 23.2 Å². The van der Waals surface area contributed by atoms with E-state index >= 15 is 0 Å². The van der Waals surface area contributed by atoms with E-state index in [0.29, 0.717) is 13.1 Å². The van der Waals surface area contributed by atoms with E-state index in [2.05, 4.69) is 0 Å². The molecule has 162 valence electrons. The maximum absolute atomic E-state index is 14.0. The molecule has 0 spiro atoms. The average molecular weight is 452 g/mol. The summed E-state index contributed by atoms with van der Waals surface area (Å²) in [5.41, 5.74) is -6.13. The van der Waals surface area contributed by atoms with Crippen LogP contribution in [0, 0.1) is 5.92 Å². The lowest BCUT2D eigenvalue weighted by atomic mass is 9.76. The first-order valence-corrected chi connectivity index (χ1v) is 9.25. The molecule has 2 N–H and O–H groups in total. The van der Waals surface area contributed by atoms with Gasteiger partial charge in [-0.25, -0.2) is 4.79 Å². The maximum atomic E-state index is 14.0. The molecule has 2 aromatic rings. The minimum absolute atomic E-state index is 0.115. The predicted molar refractivity (Wildman–Crippen MR) is 93.6 cm³/mol. The van der Waals surface area contributed by atoms with Gasteiger partial charge in [-0.3, -0.25) is 9.69 Å². The van der Waals surface area contributed by atoms with Gasteiger partial charge in [-0.05, 0) is 23.1 Å². The van der Waals surface area contributed by atoms with Crippen LogP contribution in [0.4, 0.5) is 31.1 Å². The molecule has 1 aromatic carbocycles. The number of hydrogen-bond acceptors (Lipinski definition) is 4. The molecule has 12 heteroatoms. The largest absolute Gasteiger partial charge is 0.437 e. The number of aliphatic hydroxyl groups is 1. The summed E-state index contributed by atoms with van der Waals surface area (Å²) in [6, 6.07) is 2.63. The summed E-state index contributed by atoms with van der Waals surface area (Å²) in [4.78, 5) is 24.9. The molecule has 0 radical (unpaired) electrons. The highest BCUT2D eigenvalue weighted by atomic mass is 32.1. The maximum Gasteiger partial charge on any atom is 0.437 e. The van der Waals surface area contributed by atoms with Crippen molar-refractivity contribution in [3.63, 3.8) is 0 Å². The van der Waals surface area contributed by atoms with Crippen LogP contribution in [0.15, 0.2) is 41.8 Å². The summed E-state index contributed by atoms with van der Waals surface area (Å²) in [5, 5.41) is 14.1. The number of carbonyl (C=O) groups is 2. The van der Waals surface area contributed by atoms with Gasteiger partial charge < -0.3 is 10.4 Å². The van der Waals surface area contributed by atoms with Gasteiger partial charge in [0.15, 0.2) is 5.78 Å². The molecule has 5 nitrogen and oxygen atoms in total. The Kier molecular flexibility index (Phi) is 5.35. The van der Waals surface area contributed by atoms with Crippen LogP contribution < -0.4 is 5.32 Å². The predicted octanol–water partition coefficient (Wildman–Crippen LogP) is 4.21. The lowest BCUT2D eigenvalue weighted by Gasteiger charge is -2.50. The SMILES string of the molecule is CN1C(=O)N[C@H](c2ccccc2C(F)(F)F)[C@@H](C(=O)c2cccs2)[C@]1(O)C(F)(F)F. The minimum atomic E-state index is -5.54. The molecule has 1 aliphatic heterocycles. The van der Waals surface area contributed by atoms with Crippen molar-refractivity contribution in [1.82, 2.24) is 10.2 Å². The van der Waals surface area contributed by atoms with Crippen molar-refractivity contribution in [3.8, 4) is 0 Å². The van der Waals surface area contributed by atoms with Gasteiger partial charge >= 0.3 is 18.4 Å². The second kappa shape index (κ2) is 7.27. The van der Waals surface area contributed by atoms with Crippen molar-refractivity contribution in [2.45, 2.75) is 24.1 Å². The summed E-state index contributed by atoms with van der Waals surface area (Å²) < 4.78 is 82.5. The quantitative estimate of drug-likeness (QED) is 0.542. The molecule has 30 heavy (non-hydrogen) atoms. The molecule has 0 unspecified atom stereocenters. The standard InChI is InChI=1S/C18H14F6N2O3S/c1-26-15(28)25-13(9-5-2-3-6-10(9)17(19,20)21)12(16(26,29)18(22,23)24)14(27)11-7-4-8-30-11/h2-8,12-13,29H,1H3,(H,25,28)/t12-,13+,16-/m0/s1.